The summed E-state index contributed by atoms with van der Waals surface area (Å²) in [6.45, 7) is -0.682. The van der Waals surface area contributed by atoms with Crippen LogP contribution in [0.2, 0.25) is 0 Å². The Morgan fingerprint density at radius 1 is 1.38 bits per heavy atom. The van der Waals surface area contributed by atoms with Gasteiger partial charge in [0.25, 0.3) is 6.43 Å². The molecule has 0 bridgehead atoms. The highest BCUT2D eigenvalue weighted by molar-refractivity contribution is 5.42. The van der Waals surface area contributed by atoms with Gasteiger partial charge < -0.3 is 4.74 Å². The third kappa shape index (κ3) is 2.71. The molecule has 0 spiro atoms. The van der Waals surface area contributed by atoms with E-state index in [4.69, 9.17) is 10.00 Å². The van der Waals surface area contributed by atoms with E-state index in [1.165, 1.54) is 12.1 Å². The van der Waals surface area contributed by atoms with Gasteiger partial charge in [0, 0.05) is 0 Å². The number of nitrogens with zero attached hydrogens (tertiary/aromatic N) is 1. The van der Waals surface area contributed by atoms with Crippen LogP contribution >= 0.6 is 0 Å². The Morgan fingerprint density at radius 3 is 2.69 bits per heavy atom. The van der Waals surface area contributed by atoms with Crippen LogP contribution < -0.4 is 4.74 Å². The maximum absolute atomic E-state index is 11.7. The number of rotatable bonds is 3. The predicted octanol–water partition coefficient (Wildman–Crippen LogP) is 2.20. The van der Waals surface area contributed by atoms with Crippen LogP contribution in [0.3, 0.4) is 0 Å². The highest BCUT2D eigenvalue weighted by atomic mass is 19.3. The molecule has 0 fully saturated rings. The van der Waals surface area contributed by atoms with Crippen molar-refractivity contribution in [2.75, 3.05) is 6.61 Å². The fraction of sp³-hybridized carbons (Fsp3) is 0.222. The molecule has 0 aliphatic rings. The van der Waals surface area contributed by atoms with Gasteiger partial charge in [0.2, 0.25) is 0 Å². The summed E-state index contributed by atoms with van der Waals surface area (Å²) in [5.74, 6) is 0.199. The van der Waals surface area contributed by atoms with Crippen LogP contribution in [0.1, 0.15) is 5.56 Å². The maximum atomic E-state index is 11.7. The van der Waals surface area contributed by atoms with Gasteiger partial charge in [-0.05, 0) is 12.1 Å². The van der Waals surface area contributed by atoms with Crippen LogP contribution in [0.5, 0.6) is 5.75 Å². The molecule has 0 heterocycles. The van der Waals surface area contributed by atoms with Crippen molar-refractivity contribution < 1.29 is 13.5 Å². The quantitative estimate of drug-likeness (QED) is 0.719. The molecular weight excluding hydrogens is 176 g/mol. The molecule has 0 aromatic heterocycles. The van der Waals surface area contributed by atoms with E-state index in [1.54, 1.807) is 12.1 Å². The van der Waals surface area contributed by atoms with Gasteiger partial charge in [-0.3, -0.25) is 0 Å². The Balaban J connectivity index is 2.71. The van der Waals surface area contributed by atoms with E-state index in [1.807, 2.05) is 6.07 Å². The van der Waals surface area contributed by atoms with Gasteiger partial charge in [-0.25, -0.2) is 8.78 Å². The third-order valence-electron chi connectivity index (χ3n) is 1.37. The summed E-state index contributed by atoms with van der Waals surface area (Å²) in [4.78, 5) is 0. The number of hydrogen-bond acceptors (Lipinski definition) is 2. The first-order chi connectivity index (χ1) is 6.24. The van der Waals surface area contributed by atoms with Gasteiger partial charge in [-0.15, -0.1) is 0 Å². The van der Waals surface area contributed by atoms with Gasteiger partial charge in [-0.2, -0.15) is 5.26 Å². The van der Waals surface area contributed by atoms with E-state index in [-0.39, 0.29) is 11.3 Å². The van der Waals surface area contributed by atoms with Crippen molar-refractivity contribution >= 4 is 0 Å². The zero-order valence-electron chi connectivity index (χ0n) is 6.71. The number of benzene rings is 1. The Bertz CT molecular complexity index is 320. The second-order valence-corrected chi connectivity index (χ2v) is 2.31. The second-order valence-electron chi connectivity index (χ2n) is 2.31. The van der Waals surface area contributed by atoms with Gasteiger partial charge in [0.05, 0.1) is 5.56 Å². The van der Waals surface area contributed by atoms with Crippen LogP contribution in [0.4, 0.5) is 8.78 Å². The molecule has 1 rings (SSSR count). The summed E-state index contributed by atoms with van der Waals surface area (Å²) in [7, 11) is 0. The molecule has 0 radical (unpaired) electrons. The molecule has 68 valence electrons. The smallest absolute Gasteiger partial charge is 0.272 e. The summed E-state index contributed by atoms with van der Waals surface area (Å²) in [5, 5.41) is 8.57. The number of alkyl halides is 2. The predicted molar refractivity (Wildman–Crippen MR) is 42.7 cm³/mol. The lowest BCUT2D eigenvalue weighted by Gasteiger charge is -2.05. The lowest BCUT2D eigenvalue weighted by Crippen LogP contribution is -2.07. The molecule has 0 saturated heterocycles. The number of halogens is 2. The summed E-state index contributed by atoms with van der Waals surface area (Å²) in [6.07, 6.45) is -2.52. The first-order valence-corrected chi connectivity index (χ1v) is 3.64. The summed E-state index contributed by atoms with van der Waals surface area (Å²) in [6, 6.07) is 8.12. The molecule has 4 heteroatoms. The van der Waals surface area contributed by atoms with Crippen LogP contribution in [0.25, 0.3) is 0 Å². The lowest BCUT2D eigenvalue weighted by molar-refractivity contribution is 0.0817. The van der Waals surface area contributed by atoms with Crippen molar-refractivity contribution in [2.24, 2.45) is 0 Å². The Labute approximate surface area is 74.4 Å². The highest BCUT2D eigenvalue weighted by Crippen LogP contribution is 2.16. The molecule has 0 saturated carbocycles. The average molecular weight is 183 g/mol. The van der Waals surface area contributed by atoms with E-state index in [0.29, 0.717) is 0 Å². The van der Waals surface area contributed by atoms with E-state index >= 15 is 0 Å². The molecule has 13 heavy (non-hydrogen) atoms. The van der Waals surface area contributed by atoms with Gasteiger partial charge in [-0.1, -0.05) is 12.1 Å². The van der Waals surface area contributed by atoms with Crippen LogP contribution in [-0.2, 0) is 0 Å². The molecule has 0 unspecified atom stereocenters. The normalized spacial score (nSPS) is 9.69. The SMILES string of the molecule is N#Cc1ccccc1OCC(F)F. The number of para-hydroxylation sites is 1. The van der Waals surface area contributed by atoms with Crippen molar-refractivity contribution in [1.29, 1.82) is 5.26 Å². The minimum atomic E-state index is -2.52. The van der Waals surface area contributed by atoms with Crippen molar-refractivity contribution in [2.45, 2.75) is 6.43 Å². The van der Waals surface area contributed by atoms with Gasteiger partial charge in [0.1, 0.15) is 18.4 Å². The third-order valence-corrected chi connectivity index (χ3v) is 1.37. The van der Waals surface area contributed by atoms with Crippen LogP contribution in [0, 0.1) is 11.3 Å². The Hall–Kier alpha value is -1.63. The average Bonchev–Trinajstić information content (AvgIpc) is 2.15. The molecule has 1 aromatic rings. The Morgan fingerprint density at radius 2 is 2.08 bits per heavy atom. The molecule has 0 atom stereocenters. The van der Waals surface area contributed by atoms with Crippen molar-refractivity contribution in [3.05, 3.63) is 29.8 Å². The monoisotopic (exact) mass is 183 g/mol. The number of ether oxygens (including phenoxy) is 1. The summed E-state index contributed by atoms with van der Waals surface area (Å²) >= 11 is 0. The standard InChI is InChI=1S/C9H7F2NO/c10-9(11)6-13-8-4-2-1-3-7(8)5-12/h1-4,9H,6H2. The molecule has 0 aliphatic carbocycles. The fourth-order valence-electron chi connectivity index (χ4n) is 0.838. The van der Waals surface area contributed by atoms with E-state index in [2.05, 4.69) is 0 Å². The molecule has 0 N–H and O–H groups in total. The summed E-state index contributed by atoms with van der Waals surface area (Å²) in [5.41, 5.74) is 0.267. The summed E-state index contributed by atoms with van der Waals surface area (Å²) < 4.78 is 28.2. The number of nitriles is 1. The second kappa shape index (κ2) is 4.41. The van der Waals surface area contributed by atoms with Gasteiger partial charge >= 0.3 is 0 Å². The van der Waals surface area contributed by atoms with E-state index in [9.17, 15) is 8.78 Å². The fourth-order valence-corrected chi connectivity index (χ4v) is 0.838. The largest absolute Gasteiger partial charge is 0.486 e. The molecule has 0 amide bonds. The minimum absolute atomic E-state index is 0.199. The highest BCUT2D eigenvalue weighted by Gasteiger charge is 2.06. The first-order valence-electron chi connectivity index (χ1n) is 3.64. The zero-order chi connectivity index (χ0) is 9.68. The molecule has 2 nitrogen and oxygen atoms in total. The zero-order valence-corrected chi connectivity index (χ0v) is 6.71. The first kappa shape index (κ1) is 9.46. The van der Waals surface area contributed by atoms with Crippen molar-refractivity contribution in [3.63, 3.8) is 0 Å². The molecular formula is C9H7F2NO. The topological polar surface area (TPSA) is 33.0 Å². The van der Waals surface area contributed by atoms with Crippen molar-refractivity contribution in [1.82, 2.24) is 0 Å². The Kier molecular flexibility index (Phi) is 3.21. The maximum Gasteiger partial charge on any atom is 0.272 e. The molecule has 1 aromatic carbocycles. The molecule has 0 aliphatic heterocycles. The van der Waals surface area contributed by atoms with E-state index < -0.39 is 13.0 Å². The van der Waals surface area contributed by atoms with Gasteiger partial charge in [0.15, 0.2) is 0 Å². The van der Waals surface area contributed by atoms with Crippen LogP contribution in [0.15, 0.2) is 24.3 Å². The lowest BCUT2D eigenvalue weighted by atomic mass is 10.2. The minimum Gasteiger partial charge on any atom is -0.486 e. The van der Waals surface area contributed by atoms with Crippen LogP contribution in [-0.4, -0.2) is 13.0 Å². The number of hydrogen-bond donors (Lipinski definition) is 0. The van der Waals surface area contributed by atoms with E-state index in [0.717, 1.165) is 0 Å². The van der Waals surface area contributed by atoms with Crippen molar-refractivity contribution in [3.8, 4) is 11.8 Å².